The summed E-state index contributed by atoms with van der Waals surface area (Å²) in [6.07, 6.45) is 6.49. The van der Waals surface area contributed by atoms with Gasteiger partial charge in [0.15, 0.2) is 0 Å². The van der Waals surface area contributed by atoms with Crippen LogP contribution in [0.4, 0.5) is 20.3 Å². The number of nitrogen functional groups attached to an aromatic ring is 1. The largest absolute Gasteiger partial charge is 0.383 e. The predicted octanol–water partition coefficient (Wildman–Crippen LogP) is 5.50. The van der Waals surface area contributed by atoms with E-state index in [2.05, 4.69) is 26.2 Å². The lowest BCUT2D eigenvalue weighted by Gasteiger charge is -2.33. The highest BCUT2D eigenvalue weighted by molar-refractivity contribution is 7.91. The van der Waals surface area contributed by atoms with E-state index in [-0.39, 0.29) is 22.1 Å². The number of nitrogens with two attached hydrogens (primary N) is 1. The minimum atomic E-state index is -4.10. The molecule has 3 heterocycles. The lowest BCUT2D eigenvalue weighted by molar-refractivity contribution is -0.0103. The number of anilines is 2. The van der Waals surface area contributed by atoms with Crippen LogP contribution in [0.25, 0.3) is 27.7 Å². The molecule has 226 valence electrons. The Balaban J connectivity index is 1.33. The number of hydrogen-bond acceptors (Lipinski definition) is 7. The molecule has 0 radical (unpaired) electrons. The van der Waals surface area contributed by atoms with Crippen molar-refractivity contribution in [3.63, 3.8) is 0 Å². The van der Waals surface area contributed by atoms with Crippen molar-refractivity contribution in [3.8, 4) is 11.3 Å². The molecule has 4 N–H and O–H groups in total. The van der Waals surface area contributed by atoms with E-state index >= 15 is 8.78 Å². The molecule has 6 rings (SSSR count). The molecule has 2 aliphatic rings. The molecule has 1 saturated heterocycles. The summed E-state index contributed by atoms with van der Waals surface area (Å²) in [5.41, 5.74) is 8.74. The van der Waals surface area contributed by atoms with Crippen molar-refractivity contribution in [2.24, 2.45) is 0 Å². The average molecular weight is 629 g/mol. The van der Waals surface area contributed by atoms with Gasteiger partial charge in [0, 0.05) is 41.0 Å². The molecule has 1 atom stereocenters. The highest BCUT2D eigenvalue weighted by Gasteiger charge is 2.27. The van der Waals surface area contributed by atoms with Gasteiger partial charge < -0.3 is 15.8 Å². The summed E-state index contributed by atoms with van der Waals surface area (Å²) in [4.78, 5) is 4.40. The zero-order valence-electron chi connectivity index (χ0n) is 23.4. The number of benzene rings is 2. The first kappa shape index (κ1) is 29.5. The number of rotatable bonds is 9. The second kappa shape index (κ2) is 11.8. The van der Waals surface area contributed by atoms with Gasteiger partial charge in [-0.15, -0.1) is 0 Å². The van der Waals surface area contributed by atoms with Gasteiger partial charge in [-0.25, -0.2) is 22.2 Å². The maximum absolute atomic E-state index is 15.6. The Kier molecular flexibility index (Phi) is 8.12. The van der Waals surface area contributed by atoms with Crippen LogP contribution >= 0.6 is 11.6 Å². The Labute approximate surface area is 253 Å². The van der Waals surface area contributed by atoms with Gasteiger partial charge in [-0.05, 0) is 49.5 Å². The van der Waals surface area contributed by atoms with Gasteiger partial charge in [-0.2, -0.15) is 5.10 Å². The third kappa shape index (κ3) is 5.97. The van der Waals surface area contributed by atoms with Crippen molar-refractivity contribution in [2.45, 2.75) is 50.6 Å². The molecule has 9 nitrogen and oxygen atoms in total. The van der Waals surface area contributed by atoms with Crippen molar-refractivity contribution < 1.29 is 21.9 Å². The third-order valence-corrected chi connectivity index (χ3v) is 9.43. The zero-order valence-corrected chi connectivity index (χ0v) is 25.0. The van der Waals surface area contributed by atoms with Gasteiger partial charge in [-0.3, -0.25) is 9.40 Å². The fraction of sp³-hybridized carbons (Fsp3) is 0.333. The summed E-state index contributed by atoms with van der Waals surface area (Å²) in [6, 6.07) is 8.90. The number of aryl methyl sites for hydroxylation is 1. The topological polar surface area (TPSA) is 124 Å². The minimum absolute atomic E-state index is 0.131. The summed E-state index contributed by atoms with van der Waals surface area (Å²) in [5.74, 6) is -2.20. The lowest BCUT2D eigenvalue weighted by atomic mass is 9.89. The monoisotopic (exact) mass is 628 g/mol. The molecule has 0 saturated carbocycles. The molecule has 2 aromatic heterocycles. The summed E-state index contributed by atoms with van der Waals surface area (Å²) in [6.45, 7) is 3.83. The Morgan fingerprint density at radius 2 is 1.93 bits per heavy atom. The van der Waals surface area contributed by atoms with E-state index in [1.54, 1.807) is 35.1 Å². The lowest BCUT2D eigenvalue weighted by Crippen LogP contribution is -2.50. The van der Waals surface area contributed by atoms with Crippen LogP contribution < -0.4 is 15.8 Å². The molecule has 4 aromatic rings. The molecule has 0 bridgehead atoms. The molecular formula is C30H31ClF2N6O3S. The van der Waals surface area contributed by atoms with Crippen molar-refractivity contribution in [2.75, 3.05) is 23.7 Å². The van der Waals surface area contributed by atoms with Crippen LogP contribution in [0.3, 0.4) is 0 Å². The van der Waals surface area contributed by atoms with E-state index in [9.17, 15) is 8.42 Å². The van der Waals surface area contributed by atoms with Gasteiger partial charge in [0.2, 0.25) is 10.0 Å². The highest BCUT2D eigenvalue weighted by Crippen LogP contribution is 2.39. The first-order valence-corrected chi connectivity index (χ1v) is 16.1. The Bertz CT molecular complexity index is 1840. The maximum atomic E-state index is 15.6. The maximum Gasteiger partial charge on any atom is 0.237 e. The number of ether oxygens (including phenoxy) is 1. The van der Waals surface area contributed by atoms with Crippen molar-refractivity contribution in [1.29, 1.82) is 0 Å². The van der Waals surface area contributed by atoms with Crippen LogP contribution in [0.2, 0.25) is 5.02 Å². The Morgan fingerprint density at radius 3 is 2.60 bits per heavy atom. The standard InChI is InChI=1S/C30H31ClF2N6O3S/c1-2-39-29-22(17-7-9-19(10-8-17)36-20-14-42-15-20)13-35-30(34)27(29)28(37-39)21-11-25(33)26(12-24(21)32)38-43(40,41)16-18-5-3-4-6-23(18)31/h3-7,11-13,19-20,36,38H,2,8-10,14-16H2,1H3,(H2,34,35)/t19-/m1/s1. The van der Waals surface area contributed by atoms with E-state index in [0.717, 1.165) is 55.7 Å². The van der Waals surface area contributed by atoms with Crippen LogP contribution in [-0.4, -0.2) is 48.5 Å². The predicted molar refractivity (Wildman–Crippen MR) is 164 cm³/mol. The number of fused-ring (bicyclic) bond motifs is 1. The molecule has 13 heteroatoms. The Morgan fingerprint density at radius 1 is 1.14 bits per heavy atom. The van der Waals surface area contributed by atoms with Crippen LogP contribution in [0.15, 0.2) is 48.7 Å². The van der Waals surface area contributed by atoms with Crippen molar-refractivity contribution >= 4 is 49.6 Å². The first-order valence-electron chi connectivity index (χ1n) is 14.0. The van der Waals surface area contributed by atoms with Gasteiger partial charge in [0.05, 0.1) is 41.6 Å². The van der Waals surface area contributed by atoms with E-state index in [1.807, 2.05) is 6.92 Å². The van der Waals surface area contributed by atoms with Gasteiger partial charge in [0.25, 0.3) is 0 Å². The van der Waals surface area contributed by atoms with Crippen molar-refractivity contribution in [1.82, 2.24) is 20.1 Å². The molecular weight excluding hydrogens is 598 g/mol. The molecule has 0 unspecified atom stereocenters. The quantitative estimate of drug-likeness (QED) is 0.224. The average Bonchev–Trinajstić information content (AvgIpc) is 3.35. The fourth-order valence-corrected chi connectivity index (χ4v) is 7.12. The molecule has 0 spiro atoms. The van der Waals surface area contributed by atoms with E-state index < -0.39 is 33.1 Å². The number of aromatic nitrogens is 3. The third-order valence-electron chi connectivity index (χ3n) is 7.84. The van der Waals surface area contributed by atoms with Crippen LogP contribution in [0.1, 0.15) is 37.3 Å². The second-order valence-corrected chi connectivity index (χ2v) is 12.9. The molecule has 1 aliphatic heterocycles. The van der Waals surface area contributed by atoms with Crippen LogP contribution in [-0.2, 0) is 27.1 Å². The molecule has 1 aliphatic carbocycles. The SMILES string of the molecule is CCn1nc(-c2cc(F)c(NS(=O)(=O)Cc3ccccc3Cl)cc2F)c2c(N)ncc(C3=CC[C@@H](NC4COC4)CC3)c21. The summed E-state index contributed by atoms with van der Waals surface area (Å²) >= 11 is 6.08. The first-order chi connectivity index (χ1) is 20.6. The molecule has 2 aromatic carbocycles. The van der Waals surface area contributed by atoms with E-state index in [0.29, 0.717) is 35.1 Å². The van der Waals surface area contributed by atoms with Crippen molar-refractivity contribution in [3.05, 3.63) is 76.5 Å². The number of nitrogens with zero attached hydrogens (tertiary/aromatic N) is 3. The molecule has 1 fully saturated rings. The Hall–Kier alpha value is -3.58. The van der Waals surface area contributed by atoms with Crippen LogP contribution in [0, 0.1) is 11.6 Å². The van der Waals surface area contributed by atoms with Gasteiger partial charge >= 0.3 is 0 Å². The number of pyridine rings is 1. The zero-order chi connectivity index (χ0) is 30.3. The number of sulfonamides is 1. The summed E-state index contributed by atoms with van der Waals surface area (Å²) < 4.78 is 65.6. The normalized spacial score (nSPS) is 17.6. The van der Waals surface area contributed by atoms with Gasteiger partial charge in [-0.1, -0.05) is 35.9 Å². The summed E-state index contributed by atoms with van der Waals surface area (Å²) in [5, 5.41) is 8.91. The van der Waals surface area contributed by atoms with Gasteiger partial charge in [0.1, 0.15) is 23.1 Å². The van der Waals surface area contributed by atoms with E-state index in [1.165, 1.54) is 0 Å². The number of halogens is 3. The molecule has 0 amide bonds. The fourth-order valence-electron chi connectivity index (χ4n) is 5.62. The number of hydrogen-bond donors (Lipinski definition) is 3. The second-order valence-electron chi connectivity index (χ2n) is 10.8. The van der Waals surface area contributed by atoms with Crippen LogP contribution in [0.5, 0.6) is 0 Å². The minimum Gasteiger partial charge on any atom is -0.383 e. The summed E-state index contributed by atoms with van der Waals surface area (Å²) in [7, 11) is -4.10. The number of nitrogens with one attached hydrogen (secondary N) is 2. The smallest absolute Gasteiger partial charge is 0.237 e. The highest BCUT2D eigenvalue weighted by atomic mass is 35.5. The molecule has 43 heavy (non-hydrogen) atoms. The van der Waals surface area contributed by atoms with E-state index in [4.69, 9.17) is 22.1 Å². The number of allylic oxidation sites excluding steroid dienone is 1.